The molecule has 1 aromatic rings. The van der Waals surface area contributed by atoms with Crippen LogP contribution in [-0.4, -0.2) is 48.2 Å². The highest BCUT2D eigenvalue weighted by Gasteiger charge is 2.59. The van der Waals surface area contributed by atoms with Crippen molar-refractivity contribution in [1.82, 2.24) is 5.32 Å². The summed E-state index contributed by atoms with van der Waals surface area (Å²) in [4.78, 5) is 42.7. The molecule has 0 unspecified atom stereocenters. The molecule has 4 aliphatic rings. The minimum atomic E-state index is -0.871. The Kier molecular flexibility index (Phi) is 8.31. The van der Waals surface area contributed by atoms with Crippen molar-refractivity contribution in [1.29, 1.82) is 0 Å². The predicted molar refractivity (Wildman–Crippen MR) is 155 cm³/mol. The van der Waals surface area contributed by atoms with Crippen LogP contribution in [0, 0.1) is 34.5 Å². The zero-order valence-corrected chi connectivity index (χ0v) is 24.8. The maximum absolute atomic E-state index is 12.6. The molecule has 0 aromatic heterocycles. The number of hydrogen-bond donors (Lipinski definition) is 2. The number of phenols is 1. The van der Waals surface area contributed by atoms with Gasteiger partial charge in [-0.05, 0) is 111 Å². The molecular formula is C33H44N2O6. The standard InChI is InChI=1S/C33H44N2O6/c1-20(36)26-11-12-27-25-10-7-22-18-23(13-15-32(22,2)28(25)14-16-33(26,27)3)35-41-19-30(38)34-29(31(39)40-4)17-21-5-8-24(37)9-6-21/h5-6,8-9,18,25-29,37H,7,10-17,19H2,1-4H3,(H,34,38)/t25-,26-,27-,28+,29+,32+,33-/m1/s1. The Balaban J connectivity index is 1.19. The van der Waals surface area contributed by atoms with Crippen LogP contribution >= 0.6 is 0 Å². The first-order chi connectivity index (χ1) is 19.5. The molecule has 3 saturated carbocycles. The van der Waals surface area contributed by atoms with Crippen molar-refractivity contribution in [3.8, 4) is 5.75 Å². The second-order valence-electron chi connectivity index (χ2n) is 13.2. The number of nitrogens with one attached hydrogen (secondary N) is 1. The van der Waals surface area contributed by atoms with Crippen molar-refractivity contribution in [2.45, 2.75) is 84.6 Å². The molecule has 8 nitrogen and oxygen atoms in total. The Labute approximate surface area is 242 Å². The molecule has 41 heavy (non-hydrogen) atoms. The molecule has 0 bridgehead atoms. The van der Waals surface area contributed by atoms with Gasteiger partial charge in [-0.3, -0.25) is 9.59 Å². The molecular weight excluding hydrogens is 520 g/mol. The number of ketones is 1. The minimum absolute atomic E-state index is 0.129. The second kappa shape index (κ2) is 11.6. The highest BCUT2D eigenvalue weighted by Crippen LogP contribution is 2.66. The molecule has 8 heteroatoms. The Morgan fingerprint density at radius 1 is 1.05 bits per heavy atom. The number of carbonyl (C=O) groups excluding carboxylic acids is 3. The number of nitrogens with zero attached hydrogens (tertiary/aromatic N) is 1. The summed E-state index contributed by atoms with van der Waals surface area (Å²) >= 11 is 0. The van der Waals surface area contributed by atoms with Gasteiger partial charge in [0, 0.05) is 12.3 Å². The van der Waals surface area contributed by atoms with E-state index in [-0.39, 0.29) is 35.5 Å². The van der Waals surface area contributed by atoms with Crippen LogP contribution in [0.1, 0.15) is 77.7 Å². The number of oxime groups is 1. The summed E-state index contributed by atoms with van der Waals surface area (Å²) in [7, 11) is 1.28. The molecule has 0 radical (unpaired) electrons. The summed E-state index contributed by atoms with van der Waals surface area (Å²) in [5, 5.41) is 16.5. The quantitative estimate of drug-likeness (QED) is 0.334. The molecule has 4 aliphatic carbocycles. The van der Waals surface area contributed by atoms with E-state index >= 15 is 0 Å². The van der Waals surface area contributed by atoms with Gasteiger partial charge in [0.2, 0.25) is 0 Å². The molecule has 0 aliphatic heterocycles. The zero-order chi connectivity index (χ0) is 29.4. The minimum Gasteiger partial charge on any atom is -0.508 e. The number of methoxy groups -OCH3 is 1. The number of benzene rings is 1. The van der Waals surface area contributed by atoms with E-state index in [0.29, 0.717) is 23.5 Å². The summed E-state index contributed by atoms with van der Waals surface area (Å²) in [5.74, 6) is 1.70. The Hall–Kier alpha value is -3.16. The van der Waals surface area contributed by atoms with Crippen molar-refractivity contribution >= 4 is 23.4 Å². The fraction of sp³-hybridized carbons (Fsp3) is 0.636. The number of hydrogen-bond acceptors (Lipinski definition) is 7. The first-order valence-electron chi connectivity index (χ1n) is 15.1. The van der Waals surface area contributed by atoms with Gasteiger partial charge in [0.15, 0.2) is 6.61 Å². The monoisotopic (exact) mass is 564 g/mol. The van der Waals surface area contributed by atoms with Crippen molar-refractivity contribution in [3.63, 3.8) is 0 Å². The number of phenolic OH excluding ortho intramolecular Hbond substituents is 1. The van der Waals surface area contributed by atoms with Crippen LogP contribution in [0.15, 0.2) is 41.1 Å². The molecule has 0 saturated heterocycles. The smallest absolute Gasteiger partial charge is 0.328 e. The number of aromatic hydroxyl groups is 1. The first-order valence-corrected chi connectivity index (χ1v) is 15.1. The number of rotatable bonds is 8. The lowest BCUT2D eigenvalue weighted by Gasteiger charge is -2.58. The van der Waals surface area contributed by atoms with E-state index in [9.17, 15) is 19.5 Å². The van der Waals surface area contributed by atoms with Crippen LogP contribution < -0.4 is 5.32 Å². The van der Waals surface area contributed by atoms with Gasteiger partial charge >= 0.3 is 5.97 Å². The number of fused-ring (bicyclic) bond motifs is 5. The SMILES string of the molecule is COC(=O)[C@H](Cc1ccc(O)cc1)NC(=O)CON=C1C=C2CC[C@@H]3[C@H]4CC[C@H](C(C)=O)[C@@]4(C)CC[C@@H]3[C@@]2(C)CC1. The van der Waals surface area contributed by atoms with Crippen LogP contribution in [-0.2, 0) is 30.4 Å². The Morgan fingerprint density at radius 3 is 2.51 bits per heavy atom. The second-order valence-corrected chi connectivity index (χ2v) is 13.2. The largest absolute Gasteiger partial charge is 0.508 e. The zero-order valence-electron chi connectivity index (χ0n) is 24.8. The fourth-order valence-corrected chi connectivity index (χ4v) is 8.92. The van der Waals surface area contributed by atoms with Gasteiger partial charge in [-0.25, -0.2) is 4.79 Å². The van der Waals surface area contributed by atoms with Gasteiger partial charge in [-0.2, -0.15) is 0 Å². The number of Topliss-reactive ketones (excluding diaryl/α,β-unsaturated/α-hetero) is 1. The van der Waals surface area contributed by atoms with E-state index in [1.54, 1.807) is 19.1 Å². The van der Waals surface area contributed by atoms with E-state index in [0.717, 1.165) is 43.4 Å². The predicted octanol–water partition coefficient (Wildman–Crippen LogP) is 5.13. The third-order valence-electron chi connectivity index (χ3n) is 11.0. The molecule has 5 rings (SSSR count). The van der Waals surface area contributed by atoms with Crippen LogP contribution in [0.4, 0.5) is 0 Å². The van der Waals surface area contributed by atoms with Gasteiger partial charge in [0.05, 0.1) is 12.8 Å². The van der Waals surface area contributed by atoms with Gasteiger partial charge in [0.1, 0.15) is 17.6 Å². The summed E-state index contributed by atoms with van der Waals surface area (Å²) in [6, 6.07) is 5.58. The molecule has 222 valence electrons. The van der Waals surface area contributed by atoms with Crippen LogP contribution in [0.3, 0.4) is 0 Å². The lowest BCUT2D eigenvalue weighted by atomic mass is 9.46. The number of allylic oxidation sites excluding steroid dienone is 2. The van der Waals surface area contributed by atoms with Gasteiger partial charge in [0.25, 0.3) is 5.91 Å². The molecule has 1 aromatic carbocycles. The van der Waals surface area contributed by atoms with E-state index < -0.39 is 17.9 Å². The van der Waals surface area contributed by atoms with Crippen molar-refractivity contribution in [2.75, 3.05) is 13.7 Å². The highest BCUT2D eigenvalue weighted by atomic mass is 16.6. The van der Waals surface area contributed by atoms with E-state index in [1.165, 1.54) is 44.1 Å². The molecule has 7 atom stereocenters. The molecule has 1 amide bonds. The third kappa shape index (κ3) is 5.67. The lowest BCUT2D eigenvalue weighted by Crippen LogP contribution is -2.51. The summed E-state index contributed by atoms with van der Waals surface area (Å²) in [5.41, 5.74) is 3.39. The summed E-state index contributed by atoms with van der Waals surface area (Å²) in [6.07, 6.45) is 11.0. The van der Waals surface area contributed by atoms with Crippen LogP contribution in [0.5, 0.6) is 5.75 Å². The number of amides is 1. The fourth-order valence-electron chi connectivity index (χ4n) is 8.92. The maximum Gasteiger partial charge on any atom is 0.328 e. The van der Waals surface area contributed by atoms with E-state index in [2.05, 4.69) is 30.4 Å². The summed E-state index contributed by atoms with van der Waals surface area (Å²) < 4.78 is 4.86. The maximum atomic E-state index is 12.6. The Morgan fingerprint density at radius 2 is 1.80 bits per heavy atom. The third-order valence-corrected chi connectivity index (χ3v) is 11.0. The first kappa shape index (κ1) is 29.3. The summed E-state index contributed by atoms with van der Waals surface area (Å²) in [6.45, 7) is 6.31. The highest BCUT2D eigenvalue weighted by molar-refractivity contribution is 5.96. The average molecular weight is 565 g/mol. The van der Waals surface area contributed by atoms with Gasteiger partial charge < -0.3 is 20.0 Å². The normalized spacial score (nSPS) is 34.0. The van der Waals surface area contributed by atoms with Crippen molar-refractivity contribution in [2.24, 2.45) is 39.7 Å². The van der Waals surface area contributed by atoms with Crippen LogP contribution in [0.2, 0.25) is 0 Å². The topological polar surface area (TPSA) is 114 Å². The van der Waals surface area contributed by atoms with Crippen LogP contribution in [0.25, 0.3) is 0 Å². The van der Waals surface area contributed by atoms with Gasteiger partial charge in [-0.1, -0.05) is 36.7 Å². The molecule has 3 fully saturated rings. The van der Waals surface area contributed by atoms with Gasteiger partial charge in [-0.15, -0.1) is 0 Å². The number of ether oxygens (including phenoxy) is 1. The number of esters is 1. The van der Waals surface area contributed by atoms with E-state index in [4.69, 9.17) is 9.57 Å². The van der Waals surface area contributed by atoms with Crippen molar-refractivity contribution < 1.29 is 29.1 Å². The Bertz CT molecular complexity index is 1240. The molecule has 2 N–H and O–H groups in total. The number of carbonyl (C=O) groups is 3. The average Bonchev–Trinajstić information content (AvgIpc) is 3.31. The lowest BCUT2D eigenvalue weighted by molar-refractivity contribution is -0.145. The van der Waals surface area contributed by atoms with E-state index in [1.807, 2.05) is 0 Å². The molecule has 0 spiro atoms. The molecule has 0 heterocycles. The van der Waals surface area contributed by atoms with Crippen molar-refractivity contribution in [3.05, 3.63) is 41.5 Å².